The summed E-state index contributed by atoms with van der Waals surface area (Å²) in [5.74, 6) is -0.224. The minimum Gasteiger partial charge on any atom is -0.268 e. The molecule has 0 unspecified atom stereocenters. The highest BCUT2D eigenvalue weighted by Crippen LogP contribution is 2.33. The number of rotatable bonds is 4. The Morgan fingerprint density at radius 3 is 2.39 bits per heavy atom. The molecule has 23 heavy (non-hydrogen) atoms. The van der Waals surface area contributed by atoms with Crippen molar-refractivity contribution in [1.82, 2.24) is 4.90 Å². The number of carbonyl (C=O) groups excluding carboxylic acids is 2. The molecule has 0 bridgehead atoms. The Morgan fingerprint density at radius 2 is 1.74 bits per heavy atom. The molecule has 3 nitrogen and oxygen atoms in total. The Labute approximate surface area is 143 Å². The first-order valence-electron chi connectivity index (χ1n) is 7.11. The topological polar surface area (TPSA) is 37.4 Å². The van der Waals surface area contributed by atoms with Gasteiger partial charge in [-0.3, -0.25) is 14.5 Å². The summed E-state index contributed by atoms with van der Waals surface area (Å²) in [6.45, 7) is 0.314. The van der Waals surface area contributed by atoms with Gasteiger partial charge in [0.25, 0.3) is 11.1 Å². The highest BCUT2D eigenvalue weighted by molar-refractivity contribution is 8.18. The minimum atomic E-state index is -0.224. The van der Waals surface area contributed by atoms with E-state index in [1.54, 1.807) is 17.8 Å². The van der Waals surface area contributed by atoms with Crippen LogP contribution >= 0.6 is 23.5 Å². The molecule has 0 saturated carbocycles. The molecule has 1 saturated heterocycles. The van der Waals surface area contributed by atoms with Crippen molar-refractivity contribution in [2.45, 2.75) is 11.4 Å². The van der Waals surface area contributed by atoms with Crippen LogP contribution in [0.5, 0.6) is 0 Å². The Kier molecular flexibility index (Phi) is 4.88. The maximum absolute atomic E-state index is 12.5. The van der Waals surface area contributed by atoms with Crippen molar-refractivity contribution in [3.05, 3.63) is 70.6 Å². The predicted octanol–water partition coefficient (Wildman–Crippen LogP) is 4.65. The van der Waals surface area contributed by atoms with Crippen molar-refractivity contribution in [3.8, 4) is 0 Å². The molecule has 1 heterocycles. The van der Waals surface area contributed by atoms with Crippen molar-refractivity contribution in [2.24, 2.45) is 0 Å². The summed E-state index contributed by atoms with van der Waals surface area (Å²) in [5.41, 5.74) is 1.87. The van der Waals surface area contributed by atoms with E-state index in [1.807, 2.05) is 60.9 Å². The molecule has 2 amide bonds. The third kappa shape index (κ3) is 3.68. The van der Waals surface area contributed by atoms with Gasteiger partial charge in [0.1, 0.15) is 0 Å². The van der Waals surface area contributed by atoms with E-state index in [4.69, 9.17) is 0 Å². The maximum atomic E-state index is 12.5. The van der Waals surface area contributed by atoms with E-state index in [-0.39, 0.29) is 11.1 Å². The fourth-order valence-corrected chi connectivity index (χ4v) is 3.50. The Hall–Kier alpha value is -1.98. The zero-order valence-corrected chi connectivity index (χ0v) is 14.2. The van der Waals surface area contributed by atoms with Gasteiger partial charge >= 0.3 is 0 Å². The number of hydrogen-bond acceptors (Lipinski definition) is 4. The number of nitrogens with zero attached hydrogens (tertiary/aromatic N) is 1. The summed E-state index contributed by atoms with van der Waals surface area (Å²) < 4.78 is 0. The van der Waals surface area contributed by atoms with Gasteiger partial charge in [0.05, 0.1) is 11.4 Å². The minimum absolute atomic E-state index is 0.217. The predicted molar refractivity (Wildman–Crippen MR) is 96.2 cm³/mol. The van der Waals surface area contributed by atoms with Crippen molar-refractivity contribution >= 4 is 40.7 Å². The number of hydrogen-bond donors (Lipinski definition) is 0. The zero-order chi connectivity index (χ0) is 16.2. The number of amides is 2. The summed E-state index contributed by atoms with van der Waals surface area (Å²) in [4.78, 5) is 27.5. The number of carbonyl (C=O) groups is 2. The monoisotopic (exact) mass is 341 g/mol. The molecule has 5 heteroatoms. The van der Waals surface area contributed by atoms with Crippen molar-refractivity contribution in [3.63, 3.8) is 0 Å². The fourth-order valence-electron chi connectivity index (χ4n) is 2.25. The molecule has 2 aromatic carbocycles. The normalized spacial score (nSPS) is 16.4. The van der Waals surface area contributed by atoms with E-state index in [2.05, 4.69) is 0 Å². The van der Waals surface area contributed by atoms with Crippen molar-refractivity contribution in [2.75, 3.05) is 6.26 Å². The van der Waals surface area contributed by atoms with Crippen LogP contribution in [0.15, 0.2) is 64.4 Å². The van der Waals surface area contributed by atoms with Gasteiger partial charge < -0.3 is 0 Å². The lowest BCUT2D eigenvalue weighted by Gasteiger charge is -2.12. The summed E-state index contributed by atoms with van der Waals surface area (Å²) in [7, 11) is 0. The number of thioether (sulfide) groups is 2. The van der Waals surface area contributed by atoms with E-state index < -0.39 is 0 Å². The van der Waals surface area contributed by atoms with Crippen LogP contribution in [0.2, 0.25) is 0 Å². The second kappa shape index (κ2) is 7.06. The van der Waals surface area contributed by atoms with Gasteiger partial charge in [-0.15, -0.1) is 11.8 Å². The number of benzene rings is 2. The summed E-state index contributed by atoms with van der Waals surface area (Å²) in [6, 6.07) is 17.5. The molecule has 2 aromatic rings. The van der Waals surface area contributed by atoms with Crippen LogP contribution in [0.3, 0.4) is 0 Å². The zero-order valence-electron chi connectivity index (χ0n) is 12.6. The molecule has 0 aromatic heterocycles. The van der Waals surface area contributed by atoms with Crippen LogP contribution in [-0.4, -0.2) is 22.3 Å². The highest BCUT2D eigenvalue weighted by atomic mass is 32.2. The van der Waals surface area contributed by atoms with Crippen LogP contribution in [0.1, 0.15) is 11.1 Å². The smallest absolute Gasteiger partial charge is 0.268 e. The molecule has 0 aliphatic carbocycles. The lowest BCUT2D eigenvalue weighted by Crippen LogP contribution is -2.27. The fraction of sp³-hybridized carbons (Fsp3) is 0.111. The van der Waals surface area contributed by atoms with Crippen LogP contribution in [-0.2, 0) is 11.3 Å². The molecule has 3 rings (SSSR count). The Balaban J connectivity index is 1.78. The lowest BCUT2D eigenvalue weighted by molar-refractivity contribution is -0.123. The van der Waals surface area contributed by atoms with Crippen LogP contribution in [0.25, 0.3) is 6.08 Å². The average Bonchev–Trinajstić information content (AvgIpc) is 2.84. The van der Waals surface area contributed by atoms with Crippen LogP contribution in [0, 0.1) is 0 Å². The van der Waals surface area contributed by atoms with E-state index in [9.17, 15) is 9.59 Å². The Morgan fingerprint density at radius 1 is 1.04 bits per heavy atom. The molecular weight excluding hydrogens is 326 g/mol. The van der Waals surface area contributed by atoms with Crippen molar-refractivity contribution < 1.29 is 9.59 Å². The van der Waals surface area contributed by atoms with E-state index in [0.29, 0.717) is 11.4 Å². The summed E-state index contributed by atoms with van der Waals surface area (Å²) >= 11 is 2.67. The first-order valence-corrected chi connectivity index (χ1v) is 9.15. The summed E-state index contributed by atoms with van der Waals surface area (Å²) in [6.07, 6.45) is 3.80. The third-order valence-electron chi connectivity index (χ3n) is 3.47. The summed E-state index contributed by atoms with van der Waals surface area (Å²) in [5, 5.41) is -0.217. The van der Waals surface area contributed by atoms with Gasteiger partial charge in [-0.1, -0.05) is 42.5 Å². The first kappa shape index (κ1) is 15.9. The molecule has 1 aliphatic heterocycles. The van der Waals surface area contributed by atoms with E-state index in [1.165, 1.54) is 9.80 Å². The second-order valence-corrected chi connectivity index (χ2v) is 6.90. The highest BCUT2D eigenvalue weighted by Gasteiger charge is 2.34. The molecule has 1 aliphatic rings. The molecule has 116 valence electrons. The molecule has 0 N–H and O–H groups in total. The average molecular weight is 341 g/mol. The van der Waals surface area contributed by atoms with Gasteiger partial charge in [-0.25, -0.2) is 0 Å². The van der Waals surface area contributed by atoms with Gasteiger partial charge in [-0.2, -0.15) is 0 Å². The first-order chi connectivity index (χ1) is 11.2. The number of imide groups is 1. The van der Waals surface area contributed by atoms with Crippen LogP contribution < -0.4 is 0 Å². The van der Waals surface area contributed by atoms with Gasteiger partial charge in [0.2, 0.25) is 0 Å². The van der Waals surface area contributed by atoms with Gasteiger partial charge in [0, 0.05) is 4.90 Å². The standard InChI is InChI=1S/C18H15NO2S2/c1-22-15-9-7-13(8-10-15)11-16-17(20)19(18(21)23-16)12-14-5-3-2-4-6-14/h2-11H,12H2,1H3/b16-11-. The molecule has 0 radical (unpaired) electrons. The van der Waals surface area contributed by atoms with E-state index >= 15 is 0 Å². The molecule has 0 atom stereocenters. The second-order valence-electron chi connectivity index (χ2n) is 5.03. The molecular formula is C18H15NO2S2. The maximum Gasteiger partial charge on any atom is 0.293 e. The van der Waals surface area contributed by atoms with Crippen LogP contribution in [0.4, 0.5) is 4.79 Å². The lowest BCUT2D eigenvalue weighted by atomic mass is 10.2. The van der Waals surface area contributed by atoms with Gasteiger partial charge in [0.15, 0.2) is 0 Å². The van der Waals surface area contributed by atoms with Crippen molar-refractivity contribution in [1.29, 1.82) is 0 Å². The molecule has 1 fully saturated rings. The Bertz CT molecular complexity index is 754. The van der Waals surface area contributed by atoms with E-state index in [0.717, 1.165) is 22.9 Å². The quantitative estimate of drug-likeness (QED) is 0.599. The third-order valence-corrected chi connectivity index (χ3v) is 5.12. The largest absolute Gasteiger partial charge is 0.293 e. The van der Waals surface area contributed by atoms with Gasteiger partial charge in [-0.05, 0) is 47.4 Å². The molecule has 0 spiro atoms. The SMILES string of the molecule is CSc1ccc(/C=C2\SC(=O)N(Cc3ccccc3)C2=O)cc1.